The van der Waals surface area contributed by atoms with Crippen molar-refractivity contribution < 1.29 is 9.47 Å². The molecular formula is C15H21N3O2S. The van der Waals surface area contributed by atoms with Crippen LogP contribution in [-0.4, -0.2) is 38.0 Å². The second-order valence-electron chi connectivity index (χ2n) is 4.63. The highest BCUT2D eigenvalue weighted by Gasteiger charge is 2.11. The molecule has 0 saturated carbocycles. The van der Waals surface area contributed by atoms with Crippen LogP contribution in [0.3, 0.4) is 0 Å². The number of nitrogens with one attached hydrogen (secondary N) is 1. The third-order valence-corrected chi connectivity index (χ3v) is 3.90. The van der Waals surface area contributed by atoms with Crippen molar-refractivity contribution in [3.8, 4) is 11.3 Å². The molecule has 0 aliphatic rings. The van der Waals surface area contributed by atoms with Crippen molar-refractivity contribution in [1.82, 2.24) is 10.4 Å². The number of hydrogen-bond donors (Lipinski definition) is 2. The first-order valence-corrected chi connectivity index (χ1v) is 7.74. The summed E-state index contributed by atoms with van der Waals surface area (Å²) in [5, 5.41) is 3.12. The zero-order valence-corrected chi connectivity index (χ0v) is 12.9. The fourth-order valence-corrected chi connectivity index (χ4v) is 2.78. The molecule has 3 N–H and O–H groups in total. The van der Waals surface area contributed by atoms with Gasteiger partial charge in [-0.25, -0.2) is 4.98 Å². The Bertz CT molecular complexity index is 519. The minimum Gasteiger partial charge on any atom is -0.382 e. The van der Waals surface area contributed by atoms with Gasteiger partial charge in [0, 0.05) is 24.5 Å². The highest BCUT2D eigenvalue weighted by molar-refractivity contribution is 7.09. The molecule has 2 rings (SSSR count). The molecule has 1 heterocycles. The van der Waals surface area contributed by atoms with Crippen LogP contribution in [-0.2, 0) is 15.9 Å². The van der Waals surface area contributed by atoms with Crippen molar-refractivity contribution in [2.45, 2.75) is 12.5 Å². The Labute approximate surface area is 129 Å². The van der Waals surface area contributed by atoms with E-state index in [4.69, 9.17) is 15.3 Å². The smallest absolute Gasteiger partial charge is 0.0949 e. The van der Waals surface area contributed by atoms with E-state index >= 15 is 0 Å². The molecule has 114 valence electrons. The third-order valence-electron chi connectivity index (χ3n) is 3.03. The van der Waals surface area contributed by atoms with E-state index in [1.165, 1.54) is 0 Å². The molecule has 1 aromatic carbocycles. The van der Waals surface area contributed by atoms with Crippen molar-refractivity contribution in [1.29, 1.82) is 0 Å². The van der Waals surface area contributed by atoms with Crippen LogP contribution in [0.15, 0.2) is 35.7 Å². The number of aromatic nitrogens is 1. The molecule has 1 atom stereocenters. The van der Waals surface area contributed by atoms with Gasteiger partial charge in [0.1, 0.15) is 0 Å². The highest BCUT2D eigenvalue weighted by atomic mass is 32.1. The topological polar surface area (TPSA) is 69.4 Å². The molecule has 0 aliphatic carbocycles. The van der Waals surface area contributed by atoms with Gasteiger partial charge in [0.2, 0.25) is 0 Å². The summed E-state index contributed by atoms with van der Waals surface area (Å²) < 4.78 is 10.4. The number of methoxy groups -OCH3 is 1. The fourth-order valence-electron chi connectivity index (χ4n) is 1.89. The number of hydrazine groups is 1. The standard InChI is InChI=1S/C15H21N3O2S/c1-19-7-8-20-10-13(18-16)9-15-17-14(11-21-15)12-5-3-2-4-6-12/h2-6,11,13,18H,7-10,16H2,1H3. The summed E-state index contributed by atoms with van der Waals surface area (Å²) in [6.45, 7) is 1.70. The molecule has 0 fully saturated rings. The molecule has 0 bridgehead atoms. The van der Waals surface area contributed by atoms with Crippen molar-refractivity contribution in [2.24, 2.45) is 5.84 Å². The summed E-state index contributed by atoms with van der Waals surface area (Å²) in [5.74, 6) is 5.57. The maximum atomic E-state index is 5.57. The lowest BCUT2D eigenvalue weighted by Gasteiger charge is -2.14. The lowest BCUT2D eigenvalue weighted by molar-refractivity contribution is 0.0587. The van der Waals surface area contributed by atoms with E-state index in [2.05, 4.69) is 27.9 Å². The second-order valence-corrected chi connectivity index (χ2v) is 5.57. The summed E-state index contributed by atoms with van der Waals surface area (Å²) in [7, 11) is 1.66. The molecule has 6 heteroatoms. The van der Waals surface area contributed by atoms with Gasteiger partial charge in [0.25, 0.3) is 0 Å². The molecule has 21 heavy (non-hydrogen) atoms. The van der Waals surface area contributed by atoms with Gasteiger partial charge in [-0.2, -0.15) is 0 Å². The molecule has 0 radical (unpaired) electrons. The summed E-state index contributed by atoms with van der Waals surface area (Å²) in [4.78, 5) is 4.66. The van der Waals surface area contributed by atoms with Crippen LogP contribution < -0.4 is 11.3 Å². The second kappa shape index (κ2) is 8.86. The molecule has 1 unspecified atom stereocenters. The highest BCUT2D eigenvalue weighted by Crippen LogP contribution is 2.22. The van der Waals surface area contributed by atoms with E-state index in [1.54, 1.807) is 18.4 Å². The van der Waals surface area contributed by atoms with Crippen molar-refractivity contribution >= 4 is 11.3 Å². The summed E-state index contributed by atoms with van der Waals surface area (Å²) in [6, 6.07) is 10.2. The van der Waals surface area contributed by atoms with Crippen LogP contribution in [0.25, 0.3) is 11.3 Å². The minimum atomic E-state index is 0.0524. The quantitative estimate of drug-likeness (QED) is 0.420. The Balaban J connectivity index is 1.88. The van der Waals surface area contributed by atoms with Gasteiger partial charge in [0.05, 0.1) is 36.6 Å². The van der Waals surface area contributed by atoms with Gasteiger partial charge < -0.3 is 9.47 Å². The number of nitrogens with two attached hydrogens (primary N) is 1. The normalized spacial score (nSPS) is 12.5. The molecule has 0 aliphatic heterocycles. The Kier molecular flexibility index (Phi) is 6.78. The van der Waals surface area contributed by atoms with E-state index in [-0.39, 0.29) is 6.04 Å². The minimum absolute atomic E-state index is 0.0524. The van der Waals surface area contributed by atoms with Crippen molar-refractivity contribution in [3.63, 3.8) is 0 Å². The van der Waals surface area contributed by atoms with Gasteiger partial charge in [0.15, 0.2) is 0 Å². The van der Waals surface area contributed by atoms with E-state index < -0.39 is 0 Å². The van der Waals surface area contributed by atoms with Crippen molar-refractivity contribution in [2.75, 3.05) is 26.9 Å². The summed E-state index contributed by atoms with van der Waals surface area (Å²) in [6.07, 6.45) is 0.751. The molecule has 0 amide bonds. The maximum Gasteiger partial charge on any atom is 0.0949 e. The molecule has 5 nitrogen and oxygen atoms in total. The molecule has 0 spiro atoms. The van der Waals surface area contributed by atoms with E-state index in [0.717, 1.165) is 22.7 Å². The first kappa shape index (κ1) is 16.1. The predicted octanol–water partition coefficient (Wildman–Crippen LogP) is 1.85. The number of rotatable bonds is 9. The summed E-state index contributed by atoms with van der Waals surface area (Å²) in [5.41, 5.74) is 4.92. The van der Waals surface area contributed by atoms with Crippen LogP contribution >= 0.6 is 11.3 Å². The Morgan fingerprint density at radius 3 is 2.81 bits per heavy atom. The number of benzene rings is 1. The van der Waals surface area contributed by atoms with Gasteiger partial charge in [-0.1, -0.05) is 30.3 Å². The lowest BCUT2D eigenvalue weighted by Crippen LogP contribution is -2.40. The van der Waals surface area contributed by atoms with Gasteiger partial charge in [-0.05, 0) is 0 Å². The first-order chi connectivity index (χ1) is 10.3. The van der Waals surface area contributed by atoms with Gasteiger partial charge in [-0.3, -0.25) is 11.3 Å². The predicted molar refractivity (Wildman–Crippen MR) is 85.1 cm³/mol. The average Bonchev–Trinajstić information content (AvgIpc) is 3.00. The molecule has 1 aromatic heterocycles. The monoisotopic (exact) mass is 307 g/mol. The maximum absolute atomic E-state index is 5.57. The van der Waals surface area contributed by atoms with Crippen LogP contribution in [0.1, 0.15) is 5.01 Å². The fraction of sp³-hybridized carbons (Fsp3) is 0.400. The Morgan fingerprint density at radius 1 is 1.29 bits per heavy atom. The molecular weight excluding hydrogens is 286 g/mol. The van der Waals surface area contributed by atoms with Crippen molar-refractivity contribution in [3.05, 3.63) is 40.7 Å². The molecule has 2 aromatic rings. The zero-order chi connectivity index (χ0) is 14.9. The van der Waals surface area contributed by atoms with E-state index in [0.29, 0.717) is 19.8 Å². The van der Waals surface area contributed by atoms with Crippen LogP contribution in [0.4, 0.5) is 0 Å². The van der Waals surface area contributed by atoms with Crippen LogP contribution in [0.5, 0.6) is 0 Å². The van der Waals surface area contributed by atoms with Crippen LogP contribution in [0.2, 0.25) is 0 Å². The number of hydrogen-bond acceptors (Lipinski definition) is 6. The number of nitrogens with zero attached hydrogens (tertiary/aromatic N) is 1. The van der Waals surface area contributed by atoms with Crippen LogP contribution in [0, 0.1) is 0 Å². The Hall–Kier alpha value is -1.31. The SMILES string of the molecule is COCCOCC(Cc1nc(-c2ccccc2)cs1)NN. The summed E-state index contributed by atoms with van der Waals surface area (Å²) >= 11 is 1.64. The van der Waals surface area contributed by atoms with Gasteiger partial charge in [-0.15, -0.1) is 11.3 Å². The molecule has 0 saturated heterocycles. The first-order valence-electron chi connectivity index (χ1n) is 6.86. The lowest BCUT2D eigenvalue weighted by atomic mass is 10.2. The zero-order valence-electron chi connectivity index (χ0n) is 12.1. The largest absolute Gasteiger partial charge is 0.382 e. The van der Waals surface area contributed by atoms with E-state index in [9.17, 15) is 0 Å². The van der Waals surface area contributed by atoms with E-state index in [1.807, 2.05) is 18.2 Å². The Morgan fingerprint density at radius 2 is 2.10 bits per heavy atom. The average molecular weight is 307 g/mol. The number of ether oxygens (including phenoxy) is 2. The van der Waals surface area contributed by atoms with Gasteiger partial charge >= 0.3 is 0 Å². The number of thiazole rings is 1. The third kappa shape index (κ3) is 5.18.